The van der Waals surface area contributed by atoms with Crippen LogP contribution in [0.1, 0.15) is 53.4 Å². The van der Waals surface area contributed by atoms with Crippen LogP contribution in [0.5, 0.6) is 0 Å². The van der Waals surface area contributed by atoms with Gasteiger partial charge in [-0.3, -0.25) is 0 Å². The highest BCUT2D eigenvalue weighted by Gasteiger charge is 2.40. The predicted molar refractivity (Wildman–Crippen MR) is 66.9 cm³/mol. The summed E-state index contributed by atoms with van der Waals surface area (Å²) in [5, 5.41) is 3.75. The van der Waals surface area contributed by atoms with Gasteiger partial charge in [0.1, 0.15) is 0 Å². The van der Waals surface area contributed by atoms with E-state index >= 15 is 0 Å². The zero-order valence-corrected chi connectivity index (χ0v) is 10.8. The number of nitrogens with two attached hydrogens (primary N) is 1. The van der Waals surface area contributed by atoms with E-state index in [9.17, 15) is 0 Å². The Morgan fingerprint density at radius 2 is 1.93 bits per heavy atom. The molecule has 15 heavy (non-hydrogen) atoms. The standard InChI is InChI=1S/C13H28N2/c1-10(2)12-7-5-6-8-13(12,9-14)15-11(3)4/h10-12,15H,5-9,14H2,1-4H3. The van der Waals surface area contributed by atoms with E-state index in [1.54, 1.807) is 0 Å². The van der Waals surface area contributed by atoms with Crippen molar-refractivity contribution in [2.45, 2.75) is 65.0 Å². The molecule has 0 aromatic rings. The van der Waals surface area contributed by atoms with Gasteiger partial charge in [-0.15, -0.1) is 0 Å². The SMILES string of the molecule is CC(C)NC1(CN)CCCCC1C(C)C. The maximum absolute atomic E-state index is 6.05. The van der Waals surface area contributed by atoms with E-state index in [1.807, 2.05) is 0 Å². The Balaban J connectivity index is 2.80. The molecule has 0 radical (unpaired) electrons. The first-order chi connectivity index (χ1) is 7.02. The zero-order chi connectivity index (χ0) is 11.5. The number of hydrogen-bond donors (Lipinski definition) is 2. The van der Waals surface area contributed by atoms with Crippen LogP contribution in [0.2, 0.25) is 0 Å². The third kappa shape index (κ3) is 2.94. The third-order valence-corrected chi connectivity index (χ3v) is 3.84. The average molecular weight is 212 g/mol. The van der Waals surface area contributed by atoms with Gasteiger partial charge in [0.15, 0.2) is 0 Å². The first kappa shape index (κ1) is 13.0. The molecule has 1 aliphatic rings. The molecule has 1 saturated carbocycles. The second-order valence-corrected chi connectivity index (χ2v) is 5.76. The Kier molecular flexibility index (Phi) is 4.60. The summed E-state index contributed by atoms with van der Waals surface area (Å²) < 4.78 is 0. The van der Waals surface area contributed by atoms with Crippen molar-refractivity contribution >= 4 is 0 Å². The molecule has 0 heterocycles. The summed E-state index contributed by atoms with van der Waals surface area (Å²) in [6.45, 7) is 9.91. The summed E-state index contributed by atoms with van der Waals surface area (Å²) in [5.41, 5.74) is 6.26. The van der Waals surface area contributed by atoms with Crippen molar-refractivity contribution in [2.24, 2.45) is 17.6 Å². The van der Waals surface area contributed by atoms with Crippen molar-refractivity contribution < 1.29 is 0 Å². The van der Waals surface area contributed by atoms with Crippen LogP contribution in [0.25, 0.3) is 0 Å². The van der Waals surface area contributed by atoms with Gasteiger partial charge in [0.2, 0.25) is 0 Å². The molecule has 2 heteroatoms. The van der Waals surface area contributed by atoms with Gasteiger partial charge in [0.25, 0.3) is 0 Å². The number of nitrogens with one attached hydrogen (secondary N) is 1. The minimum atomic E-state index is 0.209. The molecule has 2 nitrogen and oxygen atoms in total. The summed E-state index contributed by atoms with van der Waals surface area (Å²) in [7, 11) is 0. The highest BCUT2D eigenvalue weighted by atomic mass is 15.0. The lowest BCUT2D eigenvalue weighted by Crippen LogP contribution is -2.61. The largest absolute Gasteiger partial charge is 0.329 e. The molecule has 1 aliphatic carbocycles. The molecule has 0 saturated heterocycles. The van der Waals surface area contributed by atoms with Crippen LogP contribution in [-0.4, -0.2) is 18.1 Å². The van der Waals surface area contributed by atoms with Crippen LogP contribution >= 0.6 is 0 Å². The number of rotatable bonds is 4. The lowest BCUT2D eigenvalue weighted by molar-refractivity contribution is 0.100. The van der Waals surface area contributed by atoms with Crippen LogP contribution in [0, 0.1) is 11.8 Å². The van der Waals surface area contributed by atoms with E-state index in [4.69, 9.17) is 5.73 Å². The maximum Gasteiger partial charge on any atom is 0.0336 e. The van der Waals surface area contributed by atoms with Gasteiger partial charge < -0.3 is 11.1 Å². The summed E-state index contributed by atoms with van der Waals surface area (Å²) in [5.74, 6) is 1.48. The summed E-state index contributed by atoms with van der Waals surface area (Å²) in [6.07, 6.45) is 5.31. The van der Waals surface area contributed by atoms with Crippen LogP contribution in [0.3, 0.4) is 0 Å². The zero-order valence-electron chi connectivity index (χ0n) is 10.8. The Bertz CT molecular complexity index is 189. The highest BCUT2D eigenvalue weighted by Crippen LogP contribution is 2.38. The molecule has 90 valence electrons. The maximum atomic E-state index is 6.05. The fourth-order valence-corrected chi connectivity index (χ4v) is 3.30. The molecule has 0 aliphatic heterocycles. The molecule has 0 amide bonds. The van der Waals surface area contributed by atoms with Crippen LogP contribution in [0.4, 0.5) is 0 Å². The van der Waals surface area contributed by atoms with Crippen molar-refractivity contribution in [3.8, 4) is 0 Å². The first-order valence-electron chi connectivity index (χ1n) is 6.49. The smallest absolute Gasteiger partial charge is 0.0336 e. The van der Waals surface area contributed by atoms with E-state index in [2.05, 4.69) is 33.0 Å². The summed E-state index contributed by atoms with van der Waals surface area (Å²) in [4.78, 5) is 0. The molecule has 1 rings (SSSR count). The fraction of sp³-hybridized carbons (Fsp3) is 1.00. The van der Waals surface area contributed by atoms with Crippen molar-refractivity contribution in [1.82, 2.24) is 5.32 Å². The van der Waals surface area contributed by atoms with Crippen molar-refractivity contribution in [2.75, 3.05) is 6.54 Å². The Morgan fingerprint density at radius 3 is 2.40 bits per heavy atom. The lowest BCUT2D eigenvalue weighted by atomic mass is 9.67. The fourth-order valence-electron chi connectivity index (χ4n) is 3.30. The Labute approximate surface area is 95.0 Å². The van der Waals surface area contributed by atoms with Crippen molar-refractivity contribution in [1.29, 1.82) is 0 Å². The van der Waals surface area contributed by atoms with Crippen molar-refractivity contribution in [3.05, 3.63) is 0 Å². The van der Waals surface area contributed by atoms with Crippen LogP contribution < -0.4 is 11.1 Å². The quantitative estimate of drug-likeness (QED) is 0.751. The van der Waals surface area contributed by atoms with Gasteiger partial charge in [-0.2, -0.15) is 0 Å². The van der Waals surface area contributed by atoms with Gasteiger partial charge in [0.05, 0.1) is 0 Å². The van der Waals surface area contributed by atoms with E-state index in [1.165, 1.54) is 25.7 Å². The van der Waals surface area contributed by atoms with Gasteiger partial charge in [-0.25, -0.2) is 0 Å². The summed E-state index contributed by atoms with van der Waals surface area (Å²) >= 11 is 0. The average Bonchev–Trinajstić information content (AvgIpc) is 2.17. The highest BCUT2D eigenvalue weighted by molar-refractivity contribution is 4.99. The summed E-state index contributed by atoms with van der Waals surface area (Å²) in [6, 6.07) is 0.535. The molecule has 0 aromatic carbocycles. The van der Waals surface area contributed by atoms with Crippen LogP contribution in [0.15, 0.2) is 0 Å². The van der Waals surface area contributed by atoms with E-state index in [0.29, 0.717) is 6.04 Å². The molecular formula is C13H28N2. The molecule has 2 unspecified atom stereocenters. The van der Waals surface area contributed by atoms with E-state index in [0.717, 1.165) is 18.4 Å². The molecule has 0 bridgehead atoms. The normalized spacial score (nSPS) is 32.6. The van der Waals surface area contributed by atoms with Gasteiger partial charge in [-0.05, 0) is 24.7 Å². The Hall–Kier alpha value is -0.0800. The molecule has 0 aromatic heterocycles. The first-order valence-corrected chi connectivity index (χ1v) is 6.49. The molecule has 2 atom stereocenters. The van der Waals surface area contributed by atoms with E-state index in [-0.39, 0.29) is 5.54 Å². The number of hydrogen-bond acceptors (Lipinski definition) is 2. The third-order valence-electron chi connectivity index (χ3n) is 3.84. The van der Waals surface area contributed by atoms with Gasteiger partial charge in [0, 0.05) is 18.1 Å². The monoisotopic (exact) mass is 212 g/mol. The second-order valence-electron chi connectivity index (χ2n) is 5.76. The Morgan fingerprint density at radius 1 is 1.27 bits per heavy atom. The topological polar surface area (TPSA) is 38.0 Å². The predicted octanol–water partition coefficient (Wildman–Crippen LogP) is 2.53. The molecule has 3 N–H and O–H groups in total. The minimum Gasteiger partial charge on any atom is -0.329 e. The minimum absolute atomic E-state index is 0.209. The van der Waals surface area contributed by atoms with E-state index < -0.39 is 0 Å². The molecule has 1 fully saturated rings. The molecular weight excluding hydrogens is 184 g/mol. The van der Waals surface area contributed by atoms with Gasteiger partial charge in [-0.1, -0.05) is 40.5 Å². The van der Waals surface area contributed by atoms with Crippen molar-refractivity contribution in [3.63, 3.8) is 0 Å². The second kappa shape index (κ2) is 5.31. The lowest BCUT2D eigenvalue weighted by Gasteiger charge is -2.47. The van der Waals surface area contributed by atoms with Gasteiger partial charge >= 0.3 is 0 Å². The molecule has 0 spiro atoms. The van der Waals surface area contributed by atoms with Crippen LogP contribution in [-0.2, 0) is 0 Å².